The number of aromatic nitrogens is 1. The van der Waals surface area contributed by atoms with Crippen LogP contribution in [0.25, 0.3) is 10.9 Å². The van der Waals surface area contributed by atoms with Gasteiger partial charge in [-0.15, -0.1) is 0 Å². The summed E-state index contributed by atoms with van der Waals surface area (Å²) in [4.78, 5) is 3.42. The average molecular weight is 297 g/mol. The van der Waals surface area contributed by atoms with Gasteiger partial charge in [-0.2, -0.15) is 0 Å². The van der Waals surface area contributed by atoms with Crippen LogP contribution < -0.4 is 5.32 Å². The summed E-state index contributed by atoms with van der Waals surface area (Å²) in [6, 6.07) is 6.27. The summed E-state index contributed by atoms with van der Waals surface area (Å²) >= 11 is 3.57. The zero-order valence-electron chi connectivity index (χ0n) is 10.1. The van der Waals surface area contributed by atoms with Crippen LogP contribution in [0, 0.1) is 6.92 Å². The van der Waals surface area contributed by atoms with Gasteiger partial charge in [-0.25, -0.2) is 0 Å². The molecule has 1 aromatic heterocycles. The first-order valence-electron chi connectivity index (χ1n) is 5.69. The second-order valence-corrected chi connectivity index (χ2v) is 4.91. The molecule has 0 fully saturated rings. The first-order chi connectivity index (χ1) is 8.24. The zero-order chi connectivity index (χ0) is 12.3. The van der Waals surface area contributed by atoms with E-state index in [0.717, 1.165) is 24.2 Å². The molecule has 2 N–H and O–H groups in total. The van der Waals surface area contributed by atoms with Crippen molar-refractivity contribution >= 4 is 26.8 Å². The minimum Gasteiger partial charge on any atom is -0.383 e. The molecule has 1 aromatic carbocycles. The number of aromatic amines is 1. The topological polar surface area (TPSA) is 37.0 Å². The molecule has 0 saturated carbocycles. The molecule has 1 heterocycles. The number of fused-ring (bicyclic) bond motifs is 1. The van der Waals surface area contributed by atoms with Crippen LogP contribution in [-0.2, 0) is 11.3 Å². The van der Waals surface area contributed by atoms with E-state index in [9.17, 15) is 0 Å². The van der Waals surface area contributed by atoms with Gasteiger partial charge < -0.3 is 15.0 Å². The Labute approximate surface area is 110 Å². The Kier molecular flexibility index (Phi) is 4.20. The summed E-state index contributed by atoms with van der Waals surface area (Å²) in [6.07, 6.45) is 0. The fourth-order valence-corrected chi connectivity index (χ4v) is 2.45. The highest BCUT2D eigenvalue weighted by Crippen LogP contribution is 2.27. The van der Waals surface area contributed by atoms with Crippen molar-refractivity contribution < 1.29 is 4.74 Å². The zero-order valence-corrected chi connectivity index (χ0v) is 11.7. The molecule has 2 aromatic rings. The molecule has 0 amide bonds. The van der Waals surface area contributed by atoms with Crippen LogP contribution >= 0.6 is 15.9 Å². The number of ether oxygens (including phenoxy) is 1. The molecule has 4 heteroatoms. The Hall–Kier alpha value is -0.840. The first kappa shape index (κ1) is 12.6. The standard InChI is InChI=1S/C13H17BrN2O/c1-9-11(8-15-6-7-17-2)10-4-3-5-12(14)13(10)16-9/h3-5,15-16H,6-8H2,1-2H3. The quantitative estimate of drug-likeness (QED) is 0.833. The molecule has 0 spiro atoms. The van der Waals surface area contributed by atoms with Crippen molar-refractivity contribution in [2.75, 3.05) is 20.3 Å². The van der Waals surface area contributed by atoms with E-state index in [2.05, 4.69) is 51.4 Å². The summed E-state index contributed by atoms with van der Waals surface area (Å²) in [5.74, 6) is 0. The molecule has 0 aliphatic rings. The summed E-state index contributed by atoms with van der Waals surface area (Å²) in [6.45, 7) is 4.59. The van der Waals surface area contributed by atoms with Gasteiger partial charge in [0.05, 0.1) is 12.1 Å². The third-order valence-electron chi connectivity index (χ3n) is 2.89. The van der Waals surface area contributed by atoms with Crippen molar-refractivity contribution in [3.63, 3.8) is 0 Å². The molecule has 0 aliphatic heterocycles. The van der Waals surface area contributed by atoms with Crippen molar-refractivity contribution in [2.45, 2.75) is 13.5 Å². The van der Waals surface area contributed by atoms with Crippen molar-refractivity contribution in [2.24, 2.45) is 0 Å². The third kappa shape index (κ3) is 2.70. The van der Waals surface area contributed by atoms with E-state index in [4.69, 9.17) is 4.74 Å². The van der Waals surface area contributed by atoms with Crippen LogP contribution in [0.4, 0.5) is 0 Å². The van der Waals surface area contributed by atoms with Gasteiger partial charge in [0, 0.05) is 35.8 Å². The van der Waals surface area contributed by atoms with Gasteiger partial charge in [-0.05, 0) is 34.5 Å². The van der Waals surface area contributed by atoms with Crippen LogP contribution in [0.1, 0.15) is 11.3 Å². The molecule has 0 saturated heterocycles. The predicted octanol–water partition coefficient (Wildman–Crippen LogP) is 2.97. The van der Waals surface area contributed by atoms with Gasteiger partial charge in [0.2, 0.25) is 0 Å². The second kappa shape index (κ2) is 5.67. The number of benzene rings is 1. The molecule has 0 aliphatic carbocycles. The molecular weight excluding hydrogens is 280 g/mol. The Morgan fingerprint density at radius 2 is 2.24 bits per heavy atom. The van der Waals surface area contributed by atoms with Gasteiger partial charge >= 0.3 is 0 Å². The maximum atomic E-state index is 5.02. The lowest BCUT2D eigenvalue weighted by Gasteiger charge is -2.04. The Morgan fingerprint density at radius 3 is 3.00 bits per heavy atom. The largest absolute Gasteiger partial charge is 0.383 e. The normalized spacial score (nSPS) is 11.2. The summed E-state index contributed by atoms with van der Waals surface area (Å²) in [5.41, 5.74) is 3.72. The summed E-state index contributed by atoms with van der Waals surface area (Å²) in [5, 5.41) is 4.66. The summed E-state index contributed by atoms with van der Waals surface area (Å²) in [7, 11) is 1.72. The minimum absolute atomic E-state index is 0.741. The highest BCUT2D eigenvalue weighted by Gasteiger charge is 2.09. The lowest BCUT2D eigenvalue weighted by Crippen LogP contribution is -2.18. The highest BCUT2D eigenvalue weighted by molar-refractivity contribution is 9.10. The Bertz CT molecular complexity index is 507. The van der Waals surface area contributed by atoms with E-state index in [1.807, 2.05) is 0 Å². The van der Waals surface area contributed by atoms with Crippen LogP contribution in [0.3, 0.4) is 0 Å². The molecule has 2 rings (SSSR count). The fraction of sp³-hybridized carbons (Fsp3) is 0.385. The number of H-pyrrole nitrogens is 1. The molecule has 17 heavy (non-hydrogen) atoms. The second-order valence-electron chi connectivity index (χ2n) is 4.06. The Morgan fingerprint density at radius 1 is 1.41 bits per heavy atom. The number of hydrogen-bond acceptors (Lipinski definition) is 2. The molecule has 3 nitrogen and oxygen atoms in total. The number of aryl methyl sites for hydroxylation is 1. The lowest BCUT2D eigenvalue weighted by atomic mass is 10.1. The van der Waals surface area contributed by atoms with Crippen LogP contribution in [0.2, 0.25) is 0 Å². The number of hydrogen-bond donors (Lipinski definition) is 2. The van der Waals surface area contributed by atoms with Gasteiger partial charge in [-0.3, -0.25) is 0 Å². The lowest BCUT2D eigenvalue weighted by molar-refractivity contribution is 0.199. The maximum absolute atomic E-state index is 5.02. The molecule has 0 bridgehead atoms. The van der Waals surface area contributed by atoms with E-state index in [1.54, 1.807) is 7.11 Å². The summed E-state index contributed by atoms with van der Waals surface area (Å²) < 4.78 is 6.13. The average Bonchev–Trinajstić information content (AvgIpc) is 2.63. The monoisotopic (exact) mass is 296 g/mol. The smallest absolute Gasteiger partial charge is 0.0603 e. The number of methoxy groups -OCH3 is 1. The number of para-hydroxylation sites is 1. The van der Waals surface area contributed by atoms with Gasteiger partial charge in [0.1, 0.15) is 0 Å². The van der Waals surface area contributed by atoms with E-state index in [0.29, 0.717) is 0 Å². The van der Waals surface area contributed by atoms with E-state index >= 15 is 0 Å². The van der Waals surface area contributed by atoms with Crippen molar-refractivity contribution in [3.05, 3.63) is 33.9 Å². The SMILES string of the molecule is COCCNCc1c(C)[nH]c2c(Br)cccc12. The predicted molar refractivity (Wildman–Crippen MR) is 74.3 cm³/mol. The first-order valence-corrected chi connectivity index (χ1v) is 6.48. The van der Waals surface area contributed by atoms with Crippen molar-refractivity contribution in [1.29, 1.82) is 0 Å². The molecule has 0 radical (unpaired) electrons. The molecular formula is C13H17BrN2O. The molecule has 0 unspecified atom stereocenters. The number of halogens is 1. The fourth-order valence-electron chi connectivity index (χ4n) is 1.98. The van der Waals surface area contributed by atoms with Crippen molar-refractivity contribution in [3.8, 4) is 0 Å². The number of rotatable bonds is 5. The highest BCUT2D eigenvalue weighted by atomic mass is 79.9. The minimum atomic E-state index is 0.741. The number of nitrogens with one attached hydrogen (secondary N) is 2. The maximum Gasteiger partial charge on any atom is 0.0603 e. The van der Waals surface area contributed by atoms with Gasteiger partial charge in [0.15, 0.2) is 0 Å². The Balaban J connectivity index is 2.21. The van der Waals surface area contributed by atoms with E-state index in [-0.39, 0.29) is 0 Å². The van der Waals surface area contributed by atoms with Crippen LogP contribution in [0.15, 0.2) is 22.7 Å². The van der Waals surface area contributed by atoms with Gasteiger partial charge in [-0.1, -0.05) is 12.1 Å². The van der Waals surface area contributed by atoms with Gasteiger partial charge in [0.25, 0.3) is 0 Å². The van der Waals surface area contributed by atoms with E-state index < -0.39 is 0 Å². The van der Waals surface area contributed by atoms with E-state index in [1.165, 1.54) is 22.2 Å². The van der Waals surface area contributed by atoms with Crippen molar-refractivity contribution in [1.82, 2.24) is 10.3 Å². The third-order valence-corrected chi connectivity index (χ3v) is 3.55. The van der Waals surface area contributed by atoms with Crippen LogP contribution in [0.5, 0.6) is 0 Å². The molecule has 0 atom stereocenters. The molecule has 92 valence electrons. The van der Waals surface area contributed by atoms with Crippen LogP contribution in [-0.4, -0.2) is 25.2 Å².